The Morgan fingerprint density at radius 2 is 2.33 bits per heavy atom. The molecule has 0 fully saturated rings. The highest BCUT2D eigenvalue weighted by molar-refractivity contribution is 14.1. The quantitative estimate of drug-likeness (QED) is 0.762. The minimum Gasteiger partial charge on any atom is -0.482 e. The van der Waals surface area contributed by atoms with Gasteiger partial charge in [-0.05, 0) is 40.8 Å². The first kappa shape index (κ1) is 13.5. The minimum absolute atomic E-state index is 0.0600. The number of carbonyl (C=O) groups excluding carboxylic acids is 1. The maximum absolute atomic E-state index is 11.3. The van der Waals surface area contributed by atoms with E-state index < -0.39 is 0 Å². The predicted octanol–water partition coefficient (Wildman–Crippen LogP) is 3.85. The number of hydrogen-bond acceptors (Lipinski definition) is 3. The summed E-state index contributed by atoms with van der Waals surface area (Å²) < 4.78 is 6.43. The van der Waals surface area contributed by atoms with Crippen LogP contribution in [0.5, 0.6) is 5.75 Å². The van der Waals surface area contributed by atoms with Gasteiger partial charge < -0.3 is 4.74 Å². The van der Waals surface area contributed by atoms with Crippen LogP contribution in [-0.2, 0) is 4.79 Å². The number of carbonyl (C=O) groups is 1. The summed E-state index contributed by atoms with van der Waals surface area (Å²) in [5.41, 5.74) is 0.693. The van der Waals surface area contributed by atoms with Crippen LogP contribution >= 0.6 is 34.2 Å². The van der Waals surface area contributed by atoms with E-state index in [1.165, 1.54) is 0 Å². The molecule has 0 amide bonds. The average Bonchev–Trinajstić information content (AvgIpc) is 2.38. The molecule has 18 heavy (non-hydrogen) atoms. The van der Waals surface area contributed by atoms with Crippen LogP contribution in [-0.4, -0.2) is 17.4 Å². The van der Waals surface area contributed by atoms with Crippen molar-refractivity contribution in [2.45, 2.75) is 13.3 Å². The summed E-state index contributed by atoms with van der Waals surface area (Å²) in [6.45, 7) is 1.88. The van der Waals surface area contributed by atoms with Gasteiger partial charge in [-0.15, -0.1) is 0 Å². The lowest BCUT2D eigenvalue weighted by Gasteiger charge is -2.11. The van der Waals surface area contributed by atoms with Crippen LogP contribution < -0.4 is 4.74 Å². The van der Waals surface area contributed by atoms with Gasteiger partial charge in [-0.2, -0.15) is 0 Å². The topological polar surface area (TPSA) is 39.2 Å². The summed E-state index contributed by atoms with van der Waals surface area (Å²) in [7, 11) is 0. The lowest BCUT2D eigenvalue weighted by atomic mass is 10.2. The molecular formula is C13H11ClINO2. The molecule has 0 unspecified atom stereocenters. The zero-order chi connectivity index (χ0) is 13.1. The molecule has 3 nitrogen and oxygen atoms in total. The molecule has 5 heteroatoms. The van der Waals surface area contributed by atoms with Gasteiger partial charge in [0.2, 0.25) is 0 Å². The monoisotopic (exact) mass is 375 g/mol. The van der Waals surface area contributed by atoms with Crippen LogP contribution in [0.3, 0.4) is 0 Å². The van der Waals surface area contributed by atoms with Crippen LogP contribution in [0.2, 0.25) is 5.02 Å². The van der Waals surface area contributed by atoms with E-state index in [2.05, 4.69) is 27.6 Å². The third-order valence-electron chi connectivity index (χ3n) is 2.52. The number of Topliss-reactive ketones (excluding diaryl/α,β-unsaturated/α-hetero) is 1. The fourth-order valence-electron chi connectivity index (χ4n) is 1.54. The first-order valence-electron chi connectivity index (χ1n) is 5.50. The largest absolute Gasteiger partial charge is 0.482 e. The van der Waals surface area contributed by atoms with E-state index in [9.17, 15) is 4.79 Å². The van der Waals surface area contributed by atoms with Gasteiger partial charge in [0.15, 0.2) is 11.5 Å². The number of pyridine rings is 1. The van der Waals surface area contributed by atoms with Crippen molar-refractivity contribution in [2.24, 2.45) is 0 Å². The van der Waals surface area contributed by atoms with Crippen molar-refractivity contribution in [3.05, 3.63) is 33.0 Å². The number of ketones is 1. The molecule has 1 aromatic heterocycles. The van der Waals surface area contributed by atoms with E-state index in [1.807, 2.05) is 25.1 Å². The number of benzene rings is 1. The first-order valence-corrected chi connectivity index (χ1v) is 6.96. The van der Waals surface area contributed by atoms with Gasteiger partial charge in [0, 0.05) is 18.0 Å². The van der Waals surface area contributed by atoms with Crippen LogP contribution in [0, 0.1) is 3.57 Å². The van der Waals surface area contributed by atoms with Gasteiger partial charge in [-0.1, -0.05) is 18.5 Å². The Kier molecular flexibility index (Phi) is 4.40. The number of rotatable bonds is 4. The zero-order valence-electron chi connectivity index (χ0n) is 9.74. The summed E-state index contributed by atoms with van der Waals surface area (Å²) in [5.74, 6) is 0.683. The molecule has 1 heterocycles. The lowest BCUT2D eigenvalue weighted by molar-refractivity contribution is -0.120. The van der Waals surface area contributed by atoms with Crippen LogP contribution in [0.1, 0.15) is 13.3 Å². The standard InChI is InChI=1S/C13H11ClINO2/c1-2-8(17)7-18-13-11(15)6-10(14)9-4-3-5-16-12(9)13/h3-6H,2,7H2,1H3. The number of fused-ring (bicyclic) bond motifs is 1. The fraction of sp³-hybridized carbons (Fsp3) is 0.231. The third kappa shape index (κ3) is 2.75. The molecule has 0 spiro atoms. The molecule has 0 N–H and O–H groups in total. The lowest BCUT2D eigenvalue weighted by Crippen LogP contribution is -2.10. The molecule has 0 saturated heterocycles. The molecule has 0 saturated carbocycles. The Morgan fingerprint density at radius 3 is 3.06 bits per heavy atom. The molecule has 2 aromatic rings. The second kappa shape index (κ2) is 5.84. The summed E-state index contributed by atoms with van der Waals surface area (Å²) in [5, 5.41) is 1.47. The Hall–Kier alpha value is -0.880. The average molecular weight is 376 g/mol. The van der Waals surface area contributed by atoms with Crippen molar-refractivity contribution in [3.8, 4) is 5.75 Å². The van der Waals surface area contributed by atoms with Gasteiger partial charge in [0.1, 0.15) is 12.1 Å². The number of aromatic nitrogens is 1. The van der Waals surface area contributed by atoms with E-state index in [0.29, 0.717) is 22.7 Å². The van der Waals surface area contributed by atoms with Crippen LogP contribution in [0.25, 0.3) is 10.9 Å². The van der Waals surface area contributed by atoms with Gasteiger partial charge in [0.05, 0.1) is 8.59 Å². The highest BCUT2D eigenvalue weighted by Crippen LogP contribution is 2.34. The second-order valence-corrected chi connectivity index (χ2v) is 5.32. The van der Waals surface area contributed by atoms with E-state index in [4.69, 9.17) is 16.3 Å². The Bertz CT molecular complexity index is 601. The Labute approximate surface area is 124 Å². The maximum atomic E-state index is 11.3. The zero-order valence-corrected chi connectivity index (χ0v) is 12.7. The van der Waals surface area contributed by atoms with E-state index in [-0.39, 0.29) is 12.4 Å². The van der Waals surface area contributed by atoms with Crippen molar-refractivity contribution in [1.82, 2.24) is 4.98 Å². The molecule has 94 valence electrons. The number of nitrogens with zero attached hydrogens (tertiary/aromatic N) is 1. The van der Waals surface area contributed by atoms with Gasteiger partial charge in [0.25, 0.3) is 0 Å². The Balaban J connectivity index is 2.46. The van der Waals surface area contributed by atoms with Crippen LogP contribution in [0.15, 0.2) is 24.4 Å². The highest BCUT2D eigenvalue weighted by atomic mass is 127. The summed E-state index contributed by atoms with van der Waals surface area (Å²) in [6, 6.07) is 5.52. The summed E-state index contributed by atoms with van der Waals surface area (Å²) >= 11 is 8.29. The van der Waals surface area contributed by atoms with Crippen molar-refractivity contribution in [3.63, 3.8) is 0 Å². The normalized spacial score (nSPS) is 10.6. The summed E-state index contributed by atoms with van der Waals surface area (Å²) in [4.78, 5) is 15.6. The number of halogens is 2. The molecule has 0 atom stereocenters. The smallest absolute Gasteiger partial charge is 0.169 e. The molecule has 2 rings (SSSR count). The highest BCUT2D eigenvalue weighted by Gasteiger charge is 2.12. The molecule has 0 aliphatic heterocycles. The number of hydrogen-bond donors (Lipinski definition) is 0. The van der Waals surface area contributed by atoms with E-state index >= 15 is 0 Å². The Morgan fingerprint density at radius 1 is 1.56 bits per heavy atom. The SMILES string of the molecule is CCC(=O)COc1c(I)cc(Cl)c2cccnc12. The van der Waals surface area contributed by atoms with E-state index in [1.54, 1.807) is 6.20 Å². The first-order chi connectivity index (χ1) is 8.63. The second-order valence-electron chi connectivity index (χ2n) is 3.75. The molecule has 0 aliphatic carbocycles. The minimum atomic E-state index is 0.0600. The van der Waals surface area contributed by atoms with Gasteiger partial charge in [-0.3, -0.25) is 9.78 Å². The maximum Gasteiger partial charge on any atom is 0.169 e. The fourth-order valence-corrected chi connectivity index (χ4v) is 2.71. The molecule has 0 aliphatic rings. The van der Waals surface area contributed by atoms with E-state index in [0.717, 1.165) is 8.96 Å². The molecule has 1 aromatic carbocycles. The molecular weight excluding hydrogens is 365 g/mol. The summed E-state index contributed by atoms with van der Waals surface area (Å²) in [6.07, 6.45) is 2.15. The predicted molar refractivity (Wildman–Crippen MR) is 80.3 cm³/mol. The van der Waals surface area contributed by atoms with Crippen molar-refractivity contribution >= 4 is 50.9 Å². The number of ether oxygens (including phenoxy) is 1. The van der Waals surface area contributed by atoms with Gasteiger partial charge >= 0.3 is 0 Å². The van der Waals surface area contributed by atoms with Crippen LogP contribution in [0.4, 0.5) is 0 Å². The molecule has 0 bridgehead atoms. The molecule has 0 radical (unpaired) electrons. The van der Waals surface area contributed by atoms with Crippen molar-refractivity contribution in [1.29, 1.82) is 0 Å². The van der Waals surface area contributed by atoms with Gasteiger partial charge in [-0.25, -0.2) is 0 Å². The van der Waals surface area contributed by atoms with Crippen molar-refractivity contribution in [2.75, 3.05) is 6.61 Å². The van der Waals surface area contributed by atoms with Crippen molar-refractivity contribution < 1.29 is 9.53 Å². The third-order valence-corrected chi connectivity index (χ3v) is 3.64.